The smallest absolute Gasteiger partial charge is 0.410 e. The Bertz CT molecular complexity index is 779. The fourth-order valence-corrected chi connectivity index (χ4v) is 3.92. The predicted octanol–water partition coefficient (Wildman–Crippen LogP) is 2.14. The van der Waals surface area contributed by atoms with Gasteiger partial charge < -0.3 is 15.4 Å². The highest BCUT2D eigenvalue weighted by atomic mass is 32.2. The molecule has 1 aliphatic rings. The van der Waals surface area contributed by atoms with E-state index in [1.807, 2.05) is 13.8 Å². The molecule has 1 aliphatic heterocycles. The Morgan fingerprint density at radius 1 is 1.19 bits per heavy atom. The number of likely N-dealkylation sites (tertiary alicyclic amines) is 1. The van der Waals surface area contributed by atoms with Crippen LogP contribution in [-0.2, 0) is 25.8 Å². The van der Waals surface area contributed by atoms with Crippen molar-refractivity contribution in [1.82, 2.24) is 4.90 Å². The van der Waals surface area contributed by atoms with Crippen LogP contribution >= 0.6 is 0 Å². The minimum Gasteiger partial charge on any atom is -0.443 e. The van der Waals surface area contributed by atoms with Gasteiger partial charge in [0.1, 0.15) is 5.60 Å². The maximum Gasteiger partial charge on any atom is 0.410 e. The molecule has 8 heteroatoms. The number of hydrogen-bond acceptors (Lipinski definition) is 5. The Morgan fingerprint density at radius 2 is 1.74 bits per heavy atom. The first-order chi connectivity index (χ1) is 12.5. The van der Waals surface area contributed by atoms with Gasteiger partial charge in [0.2, 0.25) is 5.91 Å². The van der Waals surface area contributed by atoms with Crippen LogP contribution in [0.1, 0.15) is 38.7 Å². The summed E-state index contributed by atoms with van der Waals surface area (Å²) in [5, 5.41) is 0. The number of benzene rings is 1. The van der Waals surface area contributed by atoms with Crippen LogP contribution in [0.25, 0.3) is 0 Å². The molecule has 0 spiro atoms. The Balaban J connectivity index is 1.90. The van der Waals surface area contributed by atoms with E-state index >= 15 is 0 Å². The molecular formula is C19H28N2O5S. The summed E-state index contributed by atoms with van der Waals surface area (Å²) in [7, 11) is -3.23. The number of nitrogens with two attached hydrogens (primary N) is 1. The molecule has 0 aliphatic carbocycles. The molecule has 1 fully saturated rings. The standard InChI is InChI=1S/C19H28N2O5S/c1-19(2,13-15-4-6-16(7-5-15)27(3,24)25)26-18(23)21-10-8-14(9-11-21)12-17(20)22/h4-7,14H,8-13H2,1-3H3,(H2,20,22). The second kappa shape index (κ2) is 8.29. The Hall–Kier alpha value is -2.09. The number of primary amides is 1. The van der Waals surface area contributed by atoms with E-state index in [1.54, 1.807) is 29.2 Å². The lowest BCUT2D eigenvalue weighted by Crippen LogP contribution is -2.43. The number of sulfone groups is 1. The molecule has 1 heterocycles. The zero-order valence-corrected chi connectivity index (χ0v) is 16.9. The van der Waals surface area contributed by atoms with Crippen LogP contribution < -0.4 is 5.73 Å². The molecule has 2 rings (SSSR count). The van der Waals surface area contributed by atoms with Gasteiger partial charge in [0.05, 0.1) is 4.90 Å². The van der Waals surface area contributed by atoms with Crippen molar-refractivity contribution in [2.24, 2.45) is 11.7 Å². The van der Waals surface area contributed by atoms with Crippen molar-refractivity contribution in [2.45, 2.75) is 50.0 Å². The molecule has 0 unspecified atom stereocenters. The number of carbonyl (C=O) groups excluding carboxylic acids is 2. The molecular weight excluding hydrogens is 368 g/mol. The van der Waals surface area contributed by atoms with Crippen LogP contribution in [0, 0.1) is 5.92 Å². The van der Waals surface area contributed by atoms with Gasteiger partial charge in [-0.1, -0.05) is 12.1 Å². The average Bonchev–Trinajstić information content (AvgIpc) is 2.53. The molecule has 2 amide bonds. The van der Waals surface area contributed by atoms with Gasteiger partial charge in [-0.3, -0.25) is 4.79 Å². The SMILES string of the molecule is CC(C)(Cc1ccc(S(C)(=O)=O)cc1)OC(=O)N1CCC(CC(N)=O)CC1. The molecule has 0 aromatic heterocycles. The summed E-state index contributed by atoms with van der Waals surface area (Å²) in [6, 6.07) is 6.60. The monoisotopic (exact) mass is 396 g/mol. The normalized spacial score (nSPS) is 16.2. The Kier molecular flexibility index (Phi) is 6.51. The van der Waals surface area contributed by atoms with E-state index < -0.39 is 15.4 Å². The Labute approximate surface area is 160 Å². The third-order valence-electron chi connectivity index (χ3n) is 4.71. The van der Waals surface area contributed by atoms with Gasteiger partial charge in [-0.2, -0.15) is 0 Å². The molecule has 7 nitrogen and oxygen atoms in total. The van der Waals surface area contributed by atoms with Crippen LogP contribution in [0.2, 0.25) is 0 Å². The highest BCUT2D eigenvalue weighted by Crippen LogP contribution is 2.24. The van der Waals surface area contributed by atoms with Gasteiger partial charge >= 0.3 is 6.09 Å². The molecule has 0 saturated carbocycles. The molecule has 1 saturated heterocycles. The molecule has 1 aromatic carbocycles. The van der Waals surface area contributed by atoms with Crippen LogP contribution in [0.3, 0.4) is 0 Å². The van der Waals surface area contributed by atoms with Gasteiger partial charge in [0, 0.05) is 32.2 Å². The molecule has 1 aromatic rings. The summed E-state index contributed by atoms with van der Waals surface area (Å²) in [4.78, 5) is 25.4. The van der Waals surface area contributed by atoms with Gasteiger partial charge in [0.25, 0.3) is 0 Å². The van der Waals surface area contributed by atoms with E-state index in [9.17, 15) is 18.0 Å². The van der Waals surface area contributed by atoms with Crippen LogP contribution in [0.15, 0.2) is 29.2 Å². The minimum atomic E-state index is -3.23. The number of amides is 2. The van der Waals surface area contributed by atoms with Crippen LogP contribution in [0.5, 0.6) is 0 Å². The number of hydrogen-bond donors (Lipinski definition) is 1. The molecule has 27 heavy (non-hydrogen) atoms. The number of ether oxygens (including phenoxy) is 1. The maximum atomic E-state index is 12.5. The van der Waals surface area contributed by atoms with Crippen LogP contribution in [0.4, 0.5) is 4.79 Å². The first-order valence-electron chi connectivity index (χ1n) is 9.01. The maximum absolute atomic E-state index is 12.5. The van der Waals surface area contributed by atoms with Crippen molar-refractivity contribution in [3.63, 3.8) is 0 Å². The van der Waals surface area contributed by atoms with Gasteiger partial charge in [-0.05, 0) is 50.3 Å². The number of rotatable bonds is 6. The first kappa shape index (κ1) is 21.2. The zero-order valence-electron chi connectivity index (χ0n) is 16.1. The highest BCUT2D eigenvalue weighted by Gasteiger charge is 2.29. The molecule has 150 valence electrons. The van der Waals surface area contributed by atoms with Gasteiger partial charge in [-0.25, -0.2) is 13.2 Å². The van der Waals surface area contributed by atoms with E-state index in [0.29, 0.717) is 25.9 Å². The van der Waals surface area contributed by atoms with E-state index in [2.05, 4.69) is 0 Å². The summed E-state index contributed by atoms with van der Waals surface area (Å²) >= 11 is 0. The highest BCUT2D eigenvalue weighted by molar-refractivity contribution is 7.90. The molecule has 2 N–H and O–H groups in total. The lowest BCUT2D eigenvalue weighted by Gasteiger charge is -2.34. The van der Waals surface area contributed by atoms with Crippen molar-refractivity contribution in [3.8, 4) is 0 Å². The lowest BCUT2D eigenvalue weighted by molar-refractivity contribution is -0.119. The summed E-state index contributed by atoms with van der Waals surface area (Å²) in [6.45, 7) is 4.76. The fourth-order valence-electron chi connectivity index (χ4n) is 3.29. The van der Waals surface area contributed by atoms with Gasteiger partial charge in [-0.15, -0.1) is 0 Å². The predicted molar refractivity (Wildman–Crippen MR) is 102 cm³/mol. The molecule has 0 bridgehead atoms. The lowest BCUT2D eigenvalue weighted by atomic mass is 9.93. The van der Waals surface area contributed by atoms with Crippen molar-refractivity contribution in [1.29, 1.82) is 0 Å². The average molecular weight is 397 g/mol. The fraction of sp³-hybridized carbons (Fsp3) is 0.579. The molecule has 0 atom stereocenters. The summed E-state index contributed by atoms with van der Waals surface area (Å²) < 4.78 is 28.7. The van der Waals surface area contributed by atoms with Crippen molar-refractivity contribution in [2.75, 3.05) is 19.3 Å². The Morgan fingerprint density at radius 3 is 2.22 bits per heavy atom. The van der Waals surface area contributed by atoms with Crippen molar-refractivity contribution < 1.29 is 22.7 Å². The quantitative estimate of drug-likeness (QED) is 0.793. The minimum absolute atomic E-state index is 0.230. The van der Waals surface area contributed by atoms with Crippen molar-refractivity contribution >= 4 is 21.8 Å². The molecule has 0 radical (unpaired) electrons. The first-order valence-corrected chi connectivity index (χ1v) is 10.9. The van der Waals surface area contributed by atoms with Gasteiger partial charge in [0.15, 0.2) is 9.84 Å². The zero-order chi connectivity index (χ0) is 20.2. The van der Waals surface area contributed by atoms with E-state index in [4.69, 9.17) is 10.5 Å². The van der Waals surface area contributed by atoms with Crippen LogP contribution in [-0.4, -0.2) is 50.3 Å². The second-order valence-corrected chi connectivity index (χ2v) is 9.84. The summed E-state index contributed by atoms with van der Waals surface area (Å²) in [6.07, 6.45) is 3.11. The summed E-state index contributed by atoms with van der Waals surface area (Å²) in [5.41, 5.74) is 5.39. The third-order valence-corrected chi connectivity index (χ3v) is 5.84. The summed E-state index contributed by atoms with van der Waals surface area (Å²) in [5.74, 6) is -0.0769. The van der Waals surface area contributed by atoms with E-state index in [0.717, 1.165) is 18.4 Å². The van der Waals surface area contributed by atoms with E-state index in [-0.39, 0.29) is 22.8 Å². The van der Waals surface area contributed by atoms with E-state index in [1.165, 1.54) is 6.26 Å². The van der Waals surface area contributed by atoms with Crippen molar-refractivity contribution in [3.05, 3.63) is 29.8 Å². The second-order valence-electron chi connectivity index (χ2n) is 7.82. The third kappa shape index (κ3) is 6.53. The number of carbonyl (C=O) groups is 2. The number of piperidine rings is 1. The topological polar surface area (TPSA) is 107 Å². The largest absolute Gasteiger partial charge is 0.443 e. The number of nitrogens with zero attached hydrogens (tertiary/aromatic N) is 1.